The number of pyridine rings is 1. The molecule has 5 rings (SSSR count). The summed E-state index contributed by atoms with van der Waals surface area (Å²) >= 11 is 0. The quantitative estimate of drug-likeness (QED) is 0.372. The molecule has 3 heterocycles. The summed E-state index contributed by atoms with van der Waals surface area (Å²) in [6.07, 6.45) is 3.43. The van der Waals surface area contributed by atoms with E-state index in [0.29, 0.717) is 39.3 Å². The molecule has 2 aromatic heterocycles. The topological polar surface area (TPSA) is 67.2 Å². The maximum Gasteiger partial charge on any atom is 0.211 e. The van der Waals surface area contributed by atoms with Crippen molar-refractivity contribution in [2.24, 2.45) is 0 Å². The third kappa shape index (κ3) is 5.16. The fourth-order valence-electron chi connectivity index (χ4n) is 4.72. The normalized spacial score (nSPS) is 15.4. The van der Waals surface area contributed by atoms with Crippen molar-refractivity contribution in [3.8, 4) is 28.1 Å². The Morgan fingerprint density at radius 1 is 0.917 bits per heavy atom. The number of hydrogen-bond acceptors (Lipinski definition) is 5. The van der Waals surface area contributed by atoms with Gasteiger partial charge in [-0.15, -0.1) is 0 Å². The van der Waals surface area contributed by atoms with E-state index in [1.807, 2.05) is 19.1 Å². The van der Waals surface area contributed by atoms with Crippen molar-refractivity contribution >= 4 is 15.7 Å². The first-order valence-corrected chi connectivity index (χ1v) is 14.2. The fraction of sp³-hybridized carbons (Fsp3) is 0.321. The predicted molar refractivity (Wildman–Crippen MR) is 144 cm³/mol. The molecule has 0 bridgehead atoms. The molecule has 0 radical (unpaired) electrons. The number of piperazine rings is 1. The Morgan fingerprint density at radius 2 is 1.64 bits per heavy atom. The molecule has 0 N–H and O–H groups in total. The molecule has 1 aliphatic heterocycles. The lowest BCUT2D eigenvalue weighted by atomic mass is 10.1. The summed E-state index contributed by atoms with van der Waals surface area (Å²) in [5, 5.41) is 0. The summed E-state index contributed by atoms with van der Waals surface area (Å²) in [5.41, 5.74) is 7.40. The lowest BCUT2D eigenvalue weighted by Crippen LogP contribution is -2.47. The molecule has 0 aliphatic carbocycles. The molecule has 1 fully saturated rings. The smallest absolute Gasteiger partial charge is 0.211 e. The molecule has 8 heteroatoms. The second kappa shape index (κ2) is 10.0. The van der Waals surface area contributed by atoms with Crippen LogP contribution in [0.25, 0.3) is 28.0 Å². The summed E-state index contributed by atoms with van der Waals surface area (Å²) in [6.45, 7) is 7.76. The Balaban J connectivity index is 1.54. The van der Waals surface area contributed by atoms with E-state index < -0.39 is 10.0 Å². The highest BCUT2D eigenvalue weighted by Gasteiger charge is 2.25. The monoisotopic (exact) mass is 504 g/mol. The minimum atomic E-state index is -3.17. The Hall–Kier alpha value is -3.20. The minimum absolute atomic E-state index is 0.505. The van der Waals surface area contributed by atoms with Gasteiger partial charge in [-0.1, -0.05) is 42.0 Å². The van der Waals surface area contributed by atoms with Gasteiger partial charge in [0, 0.05) is 44.5 Å². The molecule has 0 amide bonds. The van der Waals surface area contributed by atoms with Gasteiger partial charge in [0.05, 0.1) is 24.3 Å². The van der Waals surface area contributed by atoms with Crippen LogP contribution in [0.5, 0.6) is 5.75 Å². The minimum Gasteiger partial charge on any atom is -0.494 e. The molecule has 188 valence electrons. The van der Waals surface area contributed by atoms with Crippen molar-refractivity contribution in [1.29, 1.82) is 0 Å². The molecule has 0 atom stereocenters. The van der Waals surface area contributed by atoms with Gasteiger partial charge in [-0.2, -0.15) is 4.31 Å². The van der Waals surface area contributed by atoms with Crippen molar-refractivity contribution in [2.45, 2.75) is 20.4 Å². The summed E-state index contributed by atoms with van der Waals surface area (Å²) in [5.74, 6) is 0.852. The Bertz CT molecular complexity index is 1470. The van der Waals surface area contributed by atoms with Crippen molar-refractivity contribution in [3.05, 3.63) is 78.1 Å². The highest BCUT2D eigenvalue weighted by molar-refractivity contribution is 7.88. The maximum absolute atomic E-state index is 12.0. The Labute approximate surface area is 213 Å². The van der Waals surface area contributed by atoms with Crippen LogP contribution in [0.4, 0.5) is 0 Å². The number of benzene rings is 2. The van der Waals surface area contributed by atoms with E-state index in [4.69, 9.17) is 9.72 Å². The zero-order valence-electron chi connectivity index (χ0n) is 21.0. The van der Waals surface area contributed by atoms with E-state index in [1.54, 1.807) is 4.31 Å². The van der Waals surface area contributed by atoms with Gasteiger partial charge in [-0.25, -0.2) is 13.4 Å². The first-order chi connectivity index (χ1) is 17.3. The molecular formula is C28H32N4O3S. The van der Waals surface area contributed by atoms with Crippen LogP contribution in [-0.4, -0.2) is 66.0 Å². The van der Waals surface area contributed by atoms with Crippen molar-refractivity contribution in [3.63, 3.8) is 0 Å². The van der Waals surface area contributed by atoms with Crippen LogP contribution in [0.15, 0.2) is 66.9 Å². The second-order valence-electron chi connectivity index (χ2n) is 9.32. The zero-order chi connectivity index (χ0) is 25.3. The second-order valence-corrected chi connectivity index (χ2v) is 11.3. The van der Waals surface area contributed by atoms with Gasteiger partial charge in [0.15, 0.2) is 0 Å². The SMILES string of the molecule is CCOc1cccc(-c2ccc3nc(-c4ccc(C)cc4)c(CN4CCN(S(C)(=O)=O)CC4)n3c2)c1. The largest absolute Gasteiger partial charge is 0.494 e. The van der Waals surface area contributed by atoms with Gasteiger partial charge in [0.1, 0.15) is 11.4 Å². The molecular weight excluding hydrogens is 472 g/mol. The fourth-order valence-corrected chi connectivity index (χ4v) is 5.55. The highest BCUT2D eigenvalue weighted by atomic mass is 32.2. The number of fused-ring (bicyclic) bond motifs is 1. The first kappa shape index (κ1) is 24.5. The maximum atomic E-state index is 12.0. The van der Waals surface area contributed by atoms with Crippen LogP contribution in [-0.2, 0) is 16.6 Å². The van der Waals surface area contributed by atoms with Crippen LogP contribution in [0, 0.1) is 6.92 Å². The molecule has 0 unspecified atom stereocenters. The Morgan fingerprint density at radius 3 is 2.33 bits per heavy atom. The van der Waals surface area contributed by atoms with Gasteiger partial charge in [0.2, 0.25) is 10.0 Å². The summed E-state index contributed by atoms with van der Waals surface area (Å²) < 4.78 is 33.4. The van der Waals surface area contributed by atoms with Crippen LogP contribution >= 0.6 is 0 Å². The molecule has 4 aromatic rings. The van der Waals surface area contributed by atoms with Crippen molar-refractivity contribution in [2.75, 3.05) is 39.0 Å². The Kier molecular flexibility index (Phi) is 6.83. The van der Waals surface area contributed by atoms with Crippen molar-refractivity contribution < 1.29 is 13.2 Å². The highest BCUT2D eigenvalue weighted by Crippen LogP contribution is 2.30. The standard InChI is InChI=1S/C28H32N4O3S/c1-4-35-25-7-5-6-23(18-25)24-12-13-27-29-28(22-10-8-21(2)9-11-22)26(32(27)19-24)20-30-14-16-31(17-15-30)36(3,33)34/h5-13,18-19H,4,14-17,20H2,1-3H3. The van der Waals surface area contributed by atoms with Crippen molar-refractivity contribution in [1.82, 2.24) is 18.6 Å². The summed E-state index contributed by atoms with van der Waals surface area (Å²) in [7, 11) is -3.17. The van der Waals surface area contributed by atoms with Crippen LogP contribution < -0.4 is 4.74 Å². The lowest BCUT2D eigenvalue weighted by molar-refractivity contribution is 0.180. The van der Waals surface area contributed by atoms with Gasteiger partial charge in [-0.05, 0) is 49.2 Å². The van der Waals surface area contributed by atoms with Gasteiger partial charge in [0.25, 0.3) is 0 Å². The van der Waals surface area contributed by atoms with E-state index >= 15 is 0 Å². The molecule has 1 aliphatic rings. The molecule has 36 heavy (non-hydrogen) atoms. The van der Waals surface area contributed by atoms with Crippen LogP contribution in [0.2, 0.25) is 0 Å². The van der Waals surface area contributed by atoms with E-state index in [0.717, 1.165) is 39.5 Å². The molecule has 7 nitrogen and oxygen atoms in total. The zero-order valence-corrected chi connectivity index (χ0v) is 21.8. The third-order valence-electron chi connectivity index (χ3n) is 6.69. The average molecular weight is 505 g/mol. The molecule has 0 spiro atoms. The number of rotatable bonds is 7. The first-order valence-electron chi connectivity index (χ1n) is 12.3. The number of hydrogen-bond donors (Lipinski definition) is 0. The van der Waals surface area contributed by atoms with Crippen LogP contribution in [0.1, 0.15) is 18.2 Å². The van der Waals surface area contributed by atoms with E-state index in [9.17, 15) is 8.42 Å². The third-order valence-corrected chi connectivity index (χ3v) is 8.00. The van der Waals surface area contributed by atoms with E-state index in [2.05, 4.69) is 71.0 Å². The van der Waals surface area contributed by atoms with Gasteiger partial charge in [-0.3, -0.25) is 4.90 Å². The predicted octanol–water partition coefficient (Wildman–Crippen LogP) is 4.45. The molecule has 1 saturated heterocycles. The lowest BCUT2D eigenvalue weighted by Gasteiger charge is -2.33. The molecule has 2 aromatic carbocycles. The summed E-state index contributed by atoms with van der Waals surface area (Å²) in [4.78, 5) is 7.33. The van der Waals surface area contributed by atoms with E-state index in [1.165, 1.54) is 11.8 Å². The van der Waals surface area contributed by atoms with Gasteiger partial charge >= 0.3 is 0 Å². The number of ether oxygens (including phenoxy) is 1. The number of sulfonamides is 1. The number of nitrogens with zero attached hydrogens (tertiary/aromatic N) is 4. The number of aryl methyl sites for hydroxylation is 1. The number of aromatic nitrogens is 2. The number of imidazole rings is 1. The van der Waals surface area contributed by atoms with Gasteiger partial charge < -0.3 is 9.14 Å². The summed E-state index contributed by atoms with van der Waals surface area (Å²) in [6, 6.07) is 20.8. The van der Waals surface area contributed by atoms with E-state index in [-0.39, 0.29) is 0 Å². The van der Waals surface area contributed by atoms with Crippen LogP contribution in [0.3, 0.4) is 0 Å². The average Bonchev–Trinajstić information content (AvgIpc) is 3.22. The molecule has 0 saturated carbocycles.